The third-order valence-electron chi connectivity index (χ3n) is 4.85. The molecule has 154 valence electrons. The molecule has 0 fully saturated rings. The molecule has 0 spiro atoms. The van der Waals surface area contributed by atoms with E-state index in [0.717, 1.165) is 30.5 Å². The van der Waals surface area contributed by atoms with Crippen LogP contribution in [-0.4, -0.2) is 35.7 Å². The van der Waals surface area contributed by atoms with Crippen molar-refractivity contribution in [3.63, 3.8) is 0 Å². The number of pyridine rings is 1. The summed E-state index contributed by atoms with van der Waals surface area (Å²) in [5.74, 6) is -2.92. The van der Waals surface area contributed by atoms with Gasteiger partial charge in [-0.25, -0.2) is 26.9 Å². The Balaban J connectivity index is 1.94. The van der Waals surface area contributed by atoms with Gasteiger partial charge in [-0.3, -0.25) is 9.79 Å². The van der Waals surface area contributed by atoms with Crippen LogP contribution in [0.5, 0.6) is 0 Å². The van der Waals surface area contributed by atoms with Gasteiger partial charge < -0.3 is 11.1 Å². The zero-order valence-electron chi connectivity index (χ0n) is 15.1. The molecule has 1 aliphatic rings. The standard InChI is InChI=1S/C19H17F5N4O/c20-9-18(24)5-6-19(10-21,28-17(18)25)13-7-12(2-3-14(13)23)27-16(29)15-4-1-11(22)8-26-15/h1-4,7-8H,5-6,9-10H2,(H2,25,28)(H,27,29)/t18-,19+/m0/s1. The van der Waals surface area contributed by atoms with Crippen LogP contribution in [-0.2, 0) is 5.54 Å². The lowest BCUT2D eigenvalue weighted by Gasteiger charge is -2.37. The largest absolute Gasteiger partial charge is 0.385 e. The average molecular weight is 412 g/mol. The second-order valence-electron chi connectivity index (χ2n) is 6.77. The molecular weight excluding hydrogens is 395 g/mol. The zero-order valence-corrected chi connectivity index (χ0v) is 15.1. The number of rotatable bonds is 5. The van der Waals surface area contributed by atoms with Gasteiger partial charge in [-0.2, -0.15) is 0 Å². The van der Waals surface area contributed by atoms with Gasteiger partial charge in [0.15, 0.2) is 5.67 Å². The van der Waals surface area contributed by atoms with Crippen molar-refractivity contribution in [2.45, 2.75) is 24.0 Å². The van der Waals surface area contributed by atoms with Crippen molar-refractivity contribution >= 4 is 17.4 Å². The van der Waals surface area contributed by atoms with E-state index < -0.39 is 54.4 Å². The number of nitrogens with one attached hydrogen (secondary N) is 1. The zero-order chi connectivity index (χ0) is 21.2. The summed E-state index contributed by atoms with van der Waals surface area (Å²) in [6, 6.07) is 5.56. The number of aromatic nitrogens is 1. The number of carbonyl (C=O) groups is 1. The quantitative estimate of drug-likeness (QED) is 0.737. The molecule has 0 unspecified atom stereocenters. The topological polar surface area (TPSA) is 80.4 Å². The van der Waals surface area contributed by atoms with Crippen molar-refractivity contribution in [1.29, 1.82) is 0 Å². The first-order chi connectivity index (χ1) is 13.7. The normalized spacial score (nSPS) is 24.1. The molecule has 1 amide bonds. The minimum atomic E-state index is -2.52. The summed E-state index contributed by atoms with van der Waals surface area (Å²) in [6.07, 6.45) is 0.0629. The molecule has 3 N–H and O–H groups in total. The van der Waals surface area contributed by atoms with E-state index in [9.17, 15) is 26.7 Å². The number of benzene rings is 1. The molecule has 3 rings (SSSR count). The molecule has 5 nitrogen and oxygen atoms in total. The second kappa shape index (κ2) is 7.76. The number of hydrogen-bond acceptors (Lipinski definition) is 4. The number of amidine groups is 1. The van der Waals surface area contributed by atoms with Gasteiger partial charge in [0.25, 0.3) is 5.91 Å². The van der Waals surface area contributed by atoms with E-state index in [2.05, 4.69) is 15.3 Å². The van der Waals surface area contributed by atoms with Crippen molar-refractivity contribution in [2.75, 3.05) is 18.7 Å². The van der Waals surface area contributed by atoms with Crippen molar-refractivity contribution in [1.82, 2.24) is 4.98 Å². The molecule has 10 heteroatoms. The van der Waals surface area contributed by atoms with Crippen molar-refractivity contribution < 1.29 is 26.7 Å². The van der Waals surface area contributed by atoms with Crippen molar-refractivity contribution in [3.05, 3.63) is 59.4 Å². The van der Waals surface area contributed by atoms with Crippen LogP contribution in [0.2, 0.25) is 0 Å². The molecule has 1 aromatic heterocycles. The van der Waals surface area contributed by atoms with Gasteiger partial charge in [-0.05, 0) is 43.2 Å². The molecule has 0 saturated carbocycles. The lowest BCUT2D eigenvalue weighted by molar-refractivity contribution is 0.102. The summed E-state index contributed by atoms with van der Waals surface area (Å²) >= 11 is 0. The maximum atomic E-state index is 14.5. The molecule has 1 aliphatic heterocycles. The first-order valence-electron chi connectivity index (χ1n) is 8.62. The van der Waals surface area contributed by atoms with Gasteiger partial charge in [0.05, 0.1) is 6.20 Å². The SMILES string of the molecule is NC1=N[C@](CF)(c2cc(NC(=O)c3ccc(F)cn3)ccc2F)CC[C@]1(F)CF. The van der Waals surface area contributed by atoms with Gasteiger partial charge >= 0.3 is 0 Å². The molecule has 2 aromatic rings. The fourth-order valence-electron chi connectivity index (χ4n) is 3.08. The van der Waals surface area contributed by atoms with E-state index in [-0.39, 0.29) is 23.4 Å². The highest BCUT2D eigenvalue weighted by atomic mass is 19.2. The summed E-state index contributed by atoms with van der Waals surface area (Å²) in [5, 5.41) is 2.44. The smallest absolute Gasteiger partial charge is 0.274 e. The third kappa shape index (κ3) is 3.92. The number of alkyl halides is 3. The van der Waals surface area contributed by atoms with Gasteiger partial charge in [0, 0.05) is 11.3 Å². The summed E-state index contributed by atoms with van der Waals surface area (Å²) in [5.41, 5.74) is 0.883. The number of nitrogens with zero attached hydrogens (tertiary/aromatic N) is 2. The van der Waals surface area contributed by atoms with E-state index in [1.165, 1.54) is 6.07 Å². The van der Waals surface area contributed by atoms with Crippen LogP contribution in [0.15, 0.2) is 41.5 Å². The minimum absolute atomic E-state index is 0.0849. The van der Waals surface area contributed by atoms with E-state index >= 15 is 0 Å². The highest BCUT2D eigenvalue weighted by Gasteiger charge is 2.47. The van der Waals surface area contributed by atoms with Gasteiger partial charge in [0.1, 0.15) is 42.1 Å². The molecule has 1 aromatic carbocycles. The average Bonchev–Trinajstić information content (AvgIpc) is 2.72. The van der Waals surface area contributed by atoms with Crippen LogP contribution in [0.4, 0.5) is 27.6 Å². The van der Waals surface area contributed by atoms with Crippen LogP contribution in [0.25, 0.3) is 0 Å². The van der Waals surface area contributed by atoms with Crippen molar-refractivity contribution in [3.8, 4) is 0 Å². The Morgan fingerprint density at radius 1 is 1.14 bits per heavy atom. The molecular formula is C19H17F5N4O. The number of anilines is 1. The first-order valence-corrected chi connectivity index (χ1v) is 8.62. The number of carbonyl (C=O) groups excluding carboxylic acids is 1. The Morgan fingerprint density at radius 2 is 1.90 bits per heavy atom. The highest BCUT2D eigenvalue weighted by Crippen LogP contribution is 2.41. The molecule has 0 bridgehead atoms. The van der Waals surface area contributed by atoms with Crippen molar-refractivity contribution in [2.24, 2.45) is 10.7 Å². The third-order valence-corrected chi connectivity index (χ3v) is 4.85. The molecule has 29 heavy (non-hydrogen) atoms. The van der Waals surface area contributed by atoms with Crippen LogP contribution in [0.1, 0.15) is 28.9 Å². The Labute approximate surface area is 162 Å². The Bertz CT molecular complexity index is 952. The summed E-state index contributed by atoms with van der Waals surface area (Å²) in [7, 11) is 0. The summed E-state index contributed by atoms with van der Waals surface area (Å²) < 4.78 is 68.6. The van der Waals surface area contributed by atoms with E-state index in [1.54, 1.807) is 0 Å². The second-order valence-corrected chi connectivity index (χ2v) is 6.77. The maximum Gasteiger partial charge on any atom is 0.274 e. The fraction of sp³-hybridized carbons (Fsp3) is 0.316. The van der Waals surface area contributed by atoms with Gasteiger partial charge in [-0.1, -0.05) is 0 Å². The van der Waals surface area contributed by atoms with E-state index in [4.69, 9.17) is 5.73 Å². The lowest BCUT2D eigenvalue weighted by Crippen LogP contribution is -2.49. The Hall–Kier alpha value is -3.04. The van der Waals surface area contributed by atoms with Crippen LogP contribution < -0.4 is 11.1 Å². The highest BCUT2D eigenvalue weighted by molar-refractivity contribution is 6.02. The first kappa shape index (κ1) is 20.7. The fourth-order valence-corrected chi connectivity index (χ4v) is 3.08. The summed E-state index contributed by atoms with van der Waals surface area (Å²) in [4.78, 5) is 19.6. The maximum absolute atomic E-state index is 14.5. The predicted molar refractivity (Wildman–Crippen MR) is 96.9 cm³/mol. The number of halogens is 5. The van der Waals surface area contributed by atoms with Gasteiger partial charge in [-0.15, -0.1) is 0 Å². The van der Waals surface area contributed by atoms with Crippen LogP contribution in [0, 0.1) is 11.6 Å². The minimum Gasteiger partial charge on any atom is -0.385 e. The molecule has 2 atom stereocenters. The number of amides is 1. The summed E-state index contributed by atoms with van der Waals surface area (Å²) in [6.45, 7) is -2.63. The Morgan fingerprint density at radius 3 is 2.48 bits per heavy atom. The predicted octanol–water partition coefficient (Wildman–Crippen LogP) is 3.61. The number of aliphatic imine (C=N–C) groups is 1. The van der Waals surface area contributed by atoms with E-state index in [1.807, 2.05) is 0 Å². The van der Waals surface area contributed by atoms with Crippen LogP contribution >= 0.6 is 0 Å². The lowest BCUT2D eigenvalue weighted by atomic mass is 9.80. The van der Waals surface area contributed by atoms with Gasteiger partial charge in [0.2, 0.25) is 0 Å². The number of nitrogens with two attached hydrogens (primary N) is 1. The molecule has 2 heterocycles. The monoisotopic (exact) mass is 412 g/mol. The molecule has 0 aliphatic carbocycles. The van der Waals surface area contributed by atoms with Crippen LogP contribution in [0.3, 0.4) is 0 Å². The van der Waals surface area contributed by atoms with E-state index in [0.29, 0.717) is 0 Å². The molecule has 0 saturated heterocycles. The number of hydrogen-bond donors (Lipinski definition) is 2. The Kier molecular flexibility index (Phi) is 5.54. The molecule has 0 radical (unpaired) electrons.